The van der Waals surface area contributed by atoms with Crippen LogP contribution in [0.5, 0.6) is 0 Å². The van der Waals surface area contributed by atoms with Crippen molar-refractivity contribution in [1.82, 2.24) is 14.5 Å². The minimum absolute atomic E-state index is 0.700. The fourth-order valence-corrected chi connectivity index (χ4v) is 8.27. The van der Waals surface area contributed by atoms with Gasteiger partial charge in [0.05, 0.1) is 22.4 Å². The van der Waals surface area contributed by atoms with Gasteiger partial charge in [0, 0.05) is 38.5 Å². The maximum atomic E-state index is 5.18. The summed E-state index contributed by atoms with van der Waals surface area (Å²) in [6, 6.07) is 63.0. The van der Waals surface area contributed by atoms with E-state index in [0.29, 0.717) is 5.82 Å². The summed E-state index contributed by atoms with van der Waals surface area (Å²) < 4.78 is 2.48. The minimum Gasteiger partial charge on any atom is -0.309 e. The molecule has 0 aliphatic heterocycles. The smallest absolute Gasteiger partial charge is 0.160 e. The van der Waals surface area contributed by atoms with Gasteiger partial charge in [0.1, 0.15) is 0 Å². The quantitative estimate of drug-likeness (QED) is 0.190. The Morgan fingerprint density at radius 3 is 1.75 bits per heavy atom. The lowest BCUT2D eigenvalue weighted by Crippen LogP contribution is -1.99. The van der Waals surface area contributed by atoms with Crippen molar-refractivity contribution in [1.29, 1.82) is 0 Å². The van der Waals surface area contributed by atoms with Gasteiger partial charge in [-0.15, -0.1) is 0 Å². The van der Waals surface area contributed by atoms with E-state index in [1.54, 1.807) is 0 Å². The fourth-order valence-electron chi connectivity index (χ4n) is 8.27. The van der Waals surface area contributed by atoms with Crippen molar-refractivity contribution in [3.63, 3.8) is 0 Å². The first kappa shape index (κ1) is 28.0. The van der Waals surface area contributed by atoms with Crippen molar-refractivity contribution < 1.29 is 0 Å². The van der Waals surface area contributed by atoms with Crippen molar-refractivity contribution in [2.24, 2.45) is 0 Å². The van der Waals surface area contributed by atoms with Gasteiger partial charge in [0.2, 0.25) is 0 Å². The van der Waals surface area contributed by atoms with Gasteiger partial charge < -0.3 is 4.57 Å². The fraction of sp³-hybridized carbons (Fsp3) is 0. The van der Waals surface area contributed by atoms with Gasteiger partial charge in [0.25, 0.3) is 0 Å². The number of hydrogen-bond acceptors (Lipinski definition) is 2. The Morgan fingerprint density at radius 1 is 0.373 bits per heavy atom. The van der Waals surface area contributed by atoms with Crippen LogP contribution in [0, 0.1) is 0 Å². The highest BCUT2D eigenvalue weighted by Crippen LogP contribution is 2.51. The molecule has 8 aromatic carbocycles. The molecule has 11 rings (SSSR count). The molecule has 2 heterocycles. The molecular weight excluding hydrogens is 619 g/mol. The summed E-state index contributed by atoms with van der Waals surface area (Å²) in [5, 5.41) is 7.62. The second kappa shape index (κ2) is 10.8. The second-order valence-corrected chi connectivity index (χ2v) is 13.4. The molecule has 0 atom stereocenters. The number of aromatic nitrogens is 3. The molecule has 1 aliphatic rings. The molecule has 3 nitrogen and oxygen atoms in total. The van der Waals surface area contributed by atoms with Crippen LogP contribution < -0.4 is 0 Å². The Morgan fingerprint density at radius 2 is 0.980 bits per heavy atom. The third kappa shape index (κ3) is 4.19. The number of rotatable bonds is 4. The van der Waals surface area contributed by atoms with Gasteiger partial charge in [-0.25, -0.2) is 9.97 Å². The Bertz CT molecular complexity index is 2950. The molecule has 0 N–H and O–H groups in total. The van der Waals surface area contributed by atoms with Gasteiger partial charge in [-0.1, -0.05) is 146 Å². The number of hydrogen-bond donors (Lipinski definition) is 0. The van der Waals surface area contributed by atoms with Gasteiger partial charge >= 0.3 is 0 Å². The van der Waals surface area contributed by atoms with E-state index in [9.17, 15) is 0 Å². The predicted octanol–water partition coefficient (Wildman–Crippen LogP) is 12.5. The van der Waals surface area contributed by atoms with E-state index in [2.05, 4.69) is 168 Å². The van der Waals surface area contributed by atoms with E-state index in [1.807, 2.05) is 12.1 Å². The van der Waals surface area contributed by atoms with Crippen LogP contribution in [0.4, 0.5) is 0 Å². The summed E-state index contributed by atoms with van der Waals surface area (Å²) in [6.07, 6.45) is 0. The topological polar surface area (TPSA) is 30.7 Å². The lowest BCUT2D eigenvalue weighted by molar-refractivity contribution is 1.16. The molecule has 0 saturated carbocycles. The van der Waals surface area contributed by atoms with Gasteiger partial charge in [0.15, 0.2) is 5.82 Å². The molecule has 2 aromatic heterocycles. The number of nitrogens with zero attached hydrogens (tertiary/aromatic N) is 3. The largest absolute Gasteiger partial charge is 0.309 e. The normalized spacial score (nSPS) is 11.9. The van der Waals surface area contributed by atoms with E-state index >= 15 is 0 Å². The van der Waals surface area contributed by atoms with Crippen LogP contribution in [0.1, 0.15) is 0 Å². The number of fused-ring (bicyclic) bond motifs is 5. The Labute approximate surface area is 294 Å². The zero-order chi connectivity index (χ0) is 33.5. The maximum Gasteiger partial charge on any atom is 0.160 e. The van der Waals surface area contributed by atoms with Crippen LogP contribution in [-0.2, 0) is 0 Å². The van der Waals surface area contributed by atoms with Crippen LogP contribution in [0.2, 0.25) is 0 Å². The van der Waals surface area contributed by atoms with Gasteiger partial charge in [-0.2, -0.15) is 0 Å². The van der Waals surface area contributed by atoms with E-state index in [4.69, 9.17) is 9.97 Å². The lowest BCUT2D eigenvalue weighted by Gasteiger charge is -2.16. The molecule has 0 spiro atoms. The first-order valence-electron chi connectivity index (χ1n) is 17.4. The Kier molecular flexibility index (Phi) is 5.96. The summed E-state index contributed by atoms with van der Waals surface area (Å²) in [5.41, 5.74) is 13.5. The zero-order valence-corrected chi connectivity index (χ0v) is 27.6. The summed E-state index contributed by atoms with van der Waals surface area (Å²) >= 11 is 0. The second-order valence-electron chi connectivity index (χ2n) is 13.4. The van der Waals surface area contributed by atoms with E-state index in [-0.39, 0.29) is 0 Å². The van der Waals surface area contributed by atoms with E-state index in [0.717, 1.165) is 33.8 Å². The molecule has 0 unspecified atom stereocenters. The lowest BCUT2D eigenvalue weighted by atomic mass is 9.92. The van der Waals surface area contributed by atoms with Crippen LogP contribution in [0.15, 0.2) is 176 Å². The van der Waals surface area contributed by atoms with Crippen molar-refractivity contribution in [3.05, 3.63) is 176 Å². The van der Waals surface area contributed by atoms with Gasteiger partial charge in [-0.3, -0.25) is 0 Å². The highest BCUT2D eigenvalue weighted by atomic mass is 15.0. The zero-order valence-electron chi connectivity index (χ0n) is 27.6. The average Bonchev–Trinajstić information content (AvgIpc) is 3.51. The molecular formula is C48H29N3. The molecule has 0 fully saturated rings. The molecule has 51 heavy (non-hydrogen) atoms. The molecule has 236 valence electrons. The molecule has 1 aliphatic carbocycles. The molecule has 10 aromatic rings. The molecule has 0 radical (unpaired) electrons. The average molecular weight is 648 g/mol. The van der Waals surface area contributed by atoms with Crippen LogP contribution in [0.25, 0.3) is 105 Å². The van der Waals surface area contributed by atoms with Crippen molar-refractivity contribution in [3.8, 4) is 61.8 Å². The Balaban J connectivity index is 1.23. The SMILES string of the molecule is c1ccc(-c2cc(-c3ccccc3)nc(-c3cccc(-n4c5ccc6cccc7c6c5c5c(cc6ccccc6c54)-c4ccccc4-7)c3)n2)cc1. The van der Waals surface area contributed by atoms with Crippen molar-refractivity contribution in [2.45, 2.75) is 0 Å². The maximum absolute atomic E-state index is 5.18. The summed E-state index contributed by atoms with van der Waals surface area (Å²) in [7, 11) is 0. The predicted molar refractivity (Wildman–Crippen MR) is 212 cm³/mol. The van der Waals surface area contributed by atoms with Crippen LogP contribution in [0.3, 0.4) is 0 Å². The third-order valence-electron chi connectivity index (χ3n) is 10.5. The highest BCUT2D eigenvalue weighted by Gasteiger charge is 2.26. The van der Waals surface area contributed by atoms with E-state index < -0.39 is 0 Å². The highest BCUT2D eigenvalue weighted by molar-refractivity contribution is 6.34. The first-order chi connectivity index (χ1) is 25.3. The van der Waals surface area contributed by atoms with Crippen LogP contribution >= 0.6 is 0 Å². The third-order valence-corrected chi connectivity index (χ3v) is 10.5. The van der Waals surface area contributed by atoms with Gasteiger partial charge in [-0.05, 0) is 68.7 Å². The standard InChI is InChI=1S/C48H29N3/c1-3-13-30(14-4-1)41-29-42(31-15-5-2-6-16-31)50-48(49-41)34-19-11-20-35(27-34)51-43-26-25-32-18-12-24-39-37-22-9-10-23-38(37)40-28-33-17-7-8-21-36(33)47(51)45(40)46(43)44(32)39/h1-29H. The minimum atomic E-state index is 0.700. The van der Waals surface area contributed by atoms with Crippen LogP contribution in [-0.4, -0.2) is 14.5 Å². The first-order valence-corrected chi connectivity index (χ1v) is 17.4. The molecule has 0 saturated heterocycles. The van der Waals surface area contributed by atoms with Crippen molar-refractivity contribution >= 4 is 43.4 Å². The molecule has 3 heteroatoms. The molecule has 0 bridgehead atoms. The van der Waals surface area contributed by atoms with E-state index in [1.165, 1.54) is 65.6 Å². The summed E-state index contributed by atoms with van der Waals surface area (Å²) in [5.74, 6) is 0.700. The number of benzene rings is 8. The summed E-state index contributed by atoms with van der Waals surface area (Å²) in [6.45, 7) is 0. The Hall–Kier alpha value is -6.84. The monoisotopic (exact) mass is 647 g/mol. The summed E-state index contributed by atoms with van der Waals surface area (Å²) in [4.78, 5) is 10.4. The van der Waals surface area contributed by atoms with Crippen molar-refractivity contribution in [2.75, 3.05) is 0 Å². The molecule has 0 amide bonds.